The van der Waals surface area contributed by atoms with Crippen molar-refractivity contribution >= 4 is 52.3 Å². The van der Waals surface area contributed by atoms with Crippen molar-refractivity contribution in [2.45, 2.75) is 19.5 Å². The maximum atomic E-state index is 12.3. The number of amides is 1. The fraction of sp³-hybridized carbons (Fsp3) is 0.278. The van der Waals surface area contributed by atoms with E-state index in [1.54, 1.807) is 24.3 Å². The van der Waals surface area contributed by atoms with Crippen LogP contribution in [0, 0.1) is 0 Å². The van der Waals surface area contributed by atoms with Crippen LogP contribution in [0.15, 0.2) is 36.4 Å². The Morgan fingerprint density at radius 2 is 1.64 bits per heavy atom. The molecule has 1 amide bonds. The average molecular weight is 420 g/mol. The maximum absolute atomic E-state index is 12.3. The minimum absolute atomic E-state index is 0.105. The van der Waals surface area contributed by atoms with E-state index in [1.807, 2.05) is 31.0 Å². The molecule has 0 unspecified atom stereocenters. The second kappa shape index (κ2) is 9.11. The zero-order chi connectivity index (χ0) is 18.6. The molecule has 0 spiro atoms. The quantitative estimate of drug-likeness (QED) is 0.659. The zero-order valence-electron chi connectivity index (χ0n) is 13.8. The van der Waals surface area contributed by atoms with Crippen LogP contribution in [-0.2, 0) is 11.3 Å². The molecule has 1 N–H and O–H groups in total. The fourth-order valence-corrected chi connectivity index (χ4v) is 3.50. The molecule has 0 radical (unpaired) electrons. The summed E-state index contributed by atoms with van der Waals surface area (Å²) >= 11 is 24.1. The summed E-state index contributed by atoms with van der Waals surface area (Å²) in [4.78, 5) is 14.1. The lowest BCUT2D eigenvalue weighted by Crippen LogP contribution is -2.36. The lowest BCUT2D eigenvalue weighted by atomic mass is 10.1. The van der Waals surface area contributed by atoms with Crippen LogP contribution < -0.4 is 5.32 Å². The predicted octanol–water partition coefficient (Wildman–Crippen LogP) is 5.61. The van der Waals surface area contributed by atoms with Gasteiger partial charge in [-0.25, -0.2) is 0 Å². The first-order valence-electron chi connectivity index (χ1n) is 7.63. The van der Waals surface area contributed by atoms with Gasteiger partial charge in [-0.05, 0) is 49.4 Å². The third kappa shape index (κ3) is 6.05. The number of carbonyl (C=O) groups is 1. The molecule has 3 nitrogen and oxygen atoms in total. The number of hydrogen-bond donors (Lipinski definition) is 1. The molecule has 0 aliphatic rings. The summed E-state index contributed by atoms with van der Waals surface area (Å²) in [5.74, 6) is -0.105. The Balaban J connectivity index is 1.92. The van der Waals surface area contributed by atoms with Crippen LogP contribution in [0.5, 0.6) is 0 Å². The fourth-order valence-electron chi connectivity index (χ4n) is 2.46. The van der Waals surface area contributed by atoms with E-state index in [2.05, 4.69) is 5.32 Å². The van der Waals surface area contributed by atoms with Gasteiger partial charge in [-0.1, -0.05) is 58.5 Å². The highest BCUT2D eigenvalue weighted by Crippen LogP contribution is 2.26. The van der Waals surface area contributed by atoms with Crippen LogP contribution >= 0.6 is 46.4 Å². The van der Waals surface area contributed by atoms with Gasteiger partial charge in [0.2, 0.25) is 5.91 Å². The van der Waals surface area contributed by atoms with Gasteiger partial charge in [-0.15, -0.1) is 0 Å². The summed E-state index contributed by atoms with van der Waals surface area (Å²) in [6.45, 7) is 2.65. The molecule has 0 aromatic heterocycles. The van der Waals surface area contributed by atoms with E-state index in [0.717, 1.165) is 11.1 Å². The average Bonchev–Trinajstić information content (AvgIpc) is 2.49. The monoisotopic (exact) mass is 418 g/mol. The van der Waals surface area contributed by atoms with Crippen molar-refractivity contribution in [3.05, 3.63) is 67.6 Å². The van der Waals surface area contributed by atoms with Gasteiger partial charge in [-0.2, -0.15) is 0 Å². The number of nitrogens with zero attached hydrogens (tertiary/aromatic N) is 1. The third-order valence-electron chi connectivity index (χ3n) is 3.68. The molecule has 0 saturated heterocycles. The zero-order valence-corrected chi connectivity index (χ0v) is 16.8. The molecule has 0 heterocycles. The van der Waals surface area contributed by atoms with Crippen molar-refractivity contribution in [1.82, 2.24) is 10.2 Å². The molecular weight excluding hydrogens is 402 g/mol. The normalized spacial score (nSPS) is 12.3. The highest BCUT2D eigenvalue weighted by Gasteiger charge is 2.15. The largest absolute Gasteiger partial charge is 0.348 e. The van der Waals surface area contributed by atoms with Gasteiger partial charge < -0.3 is 5.32 Å². The Bertz CT molecular complexity index is 767. The Labute approximate surface area is 167 Å². The number of nitrogens with one attached hydrogen (secondary N) is 1. The maximum Gasteiger partial charge on any atom is 0.234 e. The Kier molecular flexibility index (Phi) is 7.41. The van der Waals surface area contributed by atoms with Crippen LogP contribution in [0.4, 0.5) is 0 Å². The van der Waals surface area contributed by atoms with E-state index < -0.39 is 0 Å². The van der Waals surface area contributed by atoms with Crippen molar-refractivity contribution in [2.24, 2.45) is 0 Å². The molecular formula is C18H18Cl4N2O. The first kappa shape index (κ1) is 20.3. The van der Waals surface area contributed by atoms with Gasteiger partial charge in [0.25, 0.3) is 0 Å². The van der Waals surface area contributed by atoms with Crippen molar-refractivity contribution in [1.29, 1.82) is 0 Å². The molecule has 0 saturated carbocycles. The standard InChI is InChI=1S/C18H18Cl4N2O/c1-11(15-6-5-14(20)8-17(15)22)23-18(25)10-24(2)9-12-3-4-13(19)7-16(12)21/h3-8,11H,9-10H2,1-2H3,(H,23,25)/t11-/m0/s1. The van der Waals surface area contributed by atoms with Crippen LogP contribution in [0.2, 0.25) is 20.1 Å². The first-order valence-corrected chi connectivity index (χ1v) is 9.14. The minimum atomic E-state index is -0.218. The Hall–Kier alpha value is -0.970. The molecule has 1 atom stereocenters. The van der Waals surface area contributed by atoms with Crippen LogP contribution in [0.3, 0.4) is 0 Å². The number of rotatable bonds is 6. The van der Waals surface area contributed by atoms with E-state index in [4.69, 9.17) is 46.4 Å². The second-order valence-electron chi connectivity index (χ2n) is 5.86. The summed E-state index contributed by atoms with van der Waals surface area (Å²) in [5, 5.41) is 5.20. The first-order chi connectivity index (χ1) is 11.8. The van der Waals surface area contributed by atoms with Crippen molar-refractivity contribution < 1.29 is 4.79 Å². The number of benzene rings is 2. The topological polar surface area (TPSA) is 32.3 Å². The van der Waals surface area contributed by atoms with E-state index in [0.29, 0.717) is 26.6 Å². The van der Waals surface area contributed by atoms with Crippen molar-refractivity contribution in [3.63, 3.8) is 0 Å². The molecule has 2 aromatic rings. The van der Waals surface area contributed by atoms with Gasteiger partial charge in [0.05, 0.1) is 12.6 Å². The highest BCUT2D eigenvalue weighted by molar-refractivity contribution is 6.35. The van der Waals surface area contributed by atoms with E-state index in [-0.39, 0.29) is 18.5 Å². The van der Waals surface area contributed by atoms with Gasteiger partial charge in [0.15, 0.2) is 0 Å². The lowest BCUT2D eigenvalue weighted by Gasteiger charge is -2.20. The van der Waals surface area contributed by atoms with Gasteiger partial charge in [0.1, 0.15) is 0 Å². The molecule has 7 heteroatoms. The number of carbonyl (C=O) groups excluding carboxylic acids is 1. The summed E-state index contributed by atoms with van der Waals surface area (Å²) in [7, 11) is 1.85. The van der Waals surface area contributed by atoms with E-state index in [9.17, 15) is 4.79 Å². The number of halogens is 4. The minimum Gasteiger partial charge on any atom is -0.348 e. The SMILES string of the molecule is C[C@H](NC(=O)CN(C)Cc1ccc(Cl)cc1Cl)c1ccc(Cl)cc1Cl. The summed E-state index contributed by atoms with van der Waals surface area (Å²) in [5.41, 5.74) is 1.73. The van der Waals surface area contributed by atoms with Gasteiger partial charge >= 0.3 is 0 Å². The van der Waals surface area contributed by atoms with E-state index in [1.165, 1.54) is 0 Å². The molecule has 2 rings (SSSR count). The molecule has 0 aliphatic heterocycles. The summed E-state index contributed by atoms with van der Waals surface area (Å²) in [6.07, 6.45) is 0. The smallest absolute Gasteiger partial charge is 0.234 e. The molecule has 0 bridgehead atoms. The van der Waals surface area contributed by atoms with Crippen LogP contribution in [0.1, 0.15) is 24.1 Å². The molecule has 134 valence electrons. The lowest BCUT2D eigenvalue weighted by molar-refractivity contribution is -0.122. The highest BCUT2D eigenvalue weighted by atomic mass is 35.5. The predicted molar refractivity (Wildman–Crippen MR) is 106 cm³/mol. The number of hydrogen-bond acceptors (Lipinski definition) is 2. The van der Waals surface area contributed by atoms with Gasteiger partial charge in [0, 0.05) is 26.6 Å². The Morgan fingerprint density at radius 3 is 2.24 bits per heavy atom. The number of likely N-dealkylation sites (N-methyl/N-ethyl adjacent to an activating group) is 1. The Morgan fingerprint density at radius 1 is 1.04 bits per heavy atom. The summed E-state index contributed by atoms with van der Waals surface area (Å²) < 4.78 is 0. The summed E-state index contributed by atoms with van der Waals surface area (Å²) in [6, 6.07) is 10.3. The van der Waals surface area contributed by atoms with Crippen molar-refractivity contribution in [3.8, 4) is 0 Å². The van der Waals surface area contributed by atoms with Gasteiger partial charge in [-0.3, -0.25) is 9.69 Å². The third-order valence-corrected chi connectivity index (χ3v) is 4.82. The second-order valence-corrected chi connectivity index (χ2v) is 7.55. The van der Waals surface area contributed by atoms with E-state index >= 15 is 0 Å². The molecule has 2 aromatic carbocycles. The van der Waals surface area contributed by atoms with Crippen LogP contribution in [-0.4, -0.2) is 24.4 Å². The molecule has 0 aliphatic carbocycles. The van der Waals surface area contributed by atoms with Crippen molar-refractivity contribution in [2.75, 3.05) is 13.6 Å². The van der Waals surface area contributed by atoms with Crippen LogP contribution in [0.25, 0.3) is 0 Å². The molecule has 25 heavy (non-hydrogen) atoms. The molecule has 0 fully saturated rings.